The molecule has 0 unspecified atom stereocenters. The first-order valence-electron chi connectivity index (χ1n) is 1.33. The van der Waals surface area contributed by atoms with Gasteiger partial charge in [-0.2, -0.15) is 0 Å². The zero-order chi connectivity index (χ0) is 2.83. The largest absolute Gasteiger partial charge is 0.0755 e. The fourth-order valence-electron chi connectivity index (χ4n) is 0.1000. The van der Waals surface area contributed by atoms with Crippen LogP contribution >= 0.6 is 15.7 Å². The summed E-state index contributed by atoms with van der Waals surface area (Å²) in [7, 11) is 3.30. The van der Waals surface area contributed by atoms with Gasteiger partial charge in [-0.15, -0.1) is 0 Å². The summed E-state index contributed by atoms with van der Waals surface area (Å²) >= 11 is 0. The molecule has 0 aromatic rings. The van der Waals surface area contributed by atoms with Crippen molar-refractivity contribution in [2.45, 2.75) is 0 Å². The van der Waals surface area contributed by atoms with E-state index in [0.717, 1.165) is 0 Å². The molecule has 4 heavy (non-hydrogen) atoms. The van der Waals surface area contributed by atoms with Crippen LogP contribution in [0.1, 0.15) is 0 Å². The van der Waals surface area contributed by atoms with Crippen molar-refractivity contribution in [1.29, 1.82) is 0 Å². The van der Waals surface area contributed by atoms with Crippen LogP contribution in [0.2, 0.25) is 0 Å². The van der Waals surface area contributed by atoms with Crippen LogP contribution < -0.4 is 0 Å². The van der Waals surface area contributed by atoms with E-state index in [1.54, 1.807) is 15.7 Å². The van der Waals surface area contributed by atoms with E-state index in [2.05, 4.69) is 0 Å². The highest BCUT2D eigenvalue weighted by molar-refractivity contribution is 7.87. The molecule has 0 bridgehead atoms. The van der Waals surface area contributed by atoms with Crippen LogP contribution in [0.25, 0.3) is 0 Å². The van der Waals surface area contributed by atoms with E-state index in [9.17, 15) is 0 Å². The highest BCUT2D eigenvalue weighted by Gasteiger charge is 1.83. The summed E-state index contributed by atoms with van der Waals surface area (Å²) in [6.07, 6.45) is 2.92. The lowest BCUT2D eigenvalue weighted by Gasteiger charge is -1.90. The van der Waals surface area contributed by atoms with E-state index in [-0.39, 0.29) is 0 Å². The highest BCUT2D eigenvalue weighted by Crippen LogP contribution is 2.26. The zero-order valence-corrected chi connectivity index (χ0v) is 4.10. The highest BCUT2D eigenvalue weighted by atomic mass is 31.7. The average Bonchev–Trinajstić information content (AvgIpc) is 0.722. The second-order valence-electron chi connectivity index (χ2n) is 0.730. The molecule has 0 nitrogen and oxygen atoms in total. The monoisotopic (exact) mass is 90.0 g/mol. The summed E-state index contributed by atoms with van der Waals surface area (Å²) in [6.45, 7) is 0. The third-order valence-electron chi connectivity index (χ3n) is 0.400. The summed E-state index contributed by atoms with van der Waals surface area (Å²) in [5.41, 5.74) is 0. The Labute approximate surface area is 29.0 Å². The van der Waals surface area contributed by atoms with Gasteiger partial charge in [-0.3, -0.25) is 0 Å². The fraction of sp³-hybridized carbons (Fsp3) is 1.00. The van der Waals surface area contributed by atoms with Crippen molar-refractivity contribution in [3.8, 4) is 0 Å². The van der Waals surface area contributed by atoms with E-state index in [1.807, 2.05) is 0 Å². The van der Waals surface area contributed by atoms with Gasteiger partial charge in [-0.05, 0) is 0 Å². The smallest absolute Gasteiger partial charge is 0.00132 e. The van der Waals surface area contributed by atoms with Crippen molar-refractivity contribution < 1.29 is 0 Å². The second kappa shape index (κ2) is 1.15. The number of hydrogen-bond acceptors (Lipinski definition) is 0. The van der Waals surface area contributed by atoms with Crippen molar-refractivity contribution in [2.75, 3.05) is 12.3 Å². The van der Waals surface area contributed by atoms with Gasteiger partial charge in [0.25, 0.3) is 0 Å². The lowest BCUT2D eigenvalue weighted by molar-refractivity contribution is 1.54. The third-order valence-corrected chi connectivity index (χ3v) is 3.60. The standard InChI is InChI=1S/C2H4P2/c1-2-4-3-1/h1-2H2. The van der Waals surface area contributed by atoms with Gasteiger partial charge in [-0.25, -0.2) is 0 Å². The summed E-state index contributed by atoms with van der Waals surface area (Å²) in [6, 6.07) is 0. The van der Waals surface area contributed by atoms with E-state index >= 15 is 0 Å². The van der Waals surface area contributed by atoms with E-state index in [4.69, 9.17) is 0 Å². The second-order valence-corrected chi connectivity index (χ2v) is 3.89. The summed E-state index contributed by atoms with van der Waals surface area (Å²) in [5, 5.41) is 0. The maximum absolute atomic E-state index is 1.65. The van der Waals surface area contributed by atoms with Crippen LogP contribution in [0.15, 0.2) is 0 Å². The minimum atomic E-state index is 1.46. The Balaban J connectivity index is 2.47. The van der Waals surface area contributed by atoms with Gasteiger partial charge in [0, 0.05) is 12.3 Å². The van der Waals surface area contributed by atoms with Crippen LogP contribution in [-0.2, 0) is 0 Å². The first kappa shape index (κ1) is 2.82. The predicted molar refractivity (Wildman–Crippen MR) is 23.6 cm³/mol. The van der Waals surface area contributed by atoms with Gasteiger partial charge in [0.15, 0.2) is 0 Å². The number of rotatable bonds is 0. The van der Waals surface area contributed by atoms with E-state index in [1.165, 1.54) is 12.3 Å². The molecule has 1 aliphatic rings. The van der Waals surface area contributed by atoms with Crippen molar-refractivity contribution in [3.05, 3.63) is 0 Å². The maximum Gasteiger partial charge on any atom is 0.00132 e. The molecular formula is C2H4P2. The van der Waals surface area contributed by atoms with Crippen LogP contribution in [-0.4, -0.2) is 12.3 Å². The minimum absolute atomic E-state index is 1.46. The van der Waals surface area contributed by atoms with Crippen LogP contribution in [0.5, 0.6) is 0 Å². The molecule has 1 rings (SSSR count). The van der Waals surface area contributed by atoms with Crippen molar-refractivity contribution in [1.82, 2.24) is 0 Å². The number of hydrogen-bond donors (Lipinski definition) is 0. The molecule has 0 aliphatic carbocycles. The SMILES string of the molecule is C1CP=P1. The van der Waals surface area contributed by atoms with E-state index < -0.39 is 0 Å². The van der Waals surface area contributed by atoms with Crippen LogP contribution in [0.4, 0.5) is 0 Å². The molecule has 2 heteroatoms. The lowest BCUT2D eigenvalue weighted by atomic mass is 11.0. The molecular weight excluding hydrogens is 86.0 g/mol. The van der Waals surface area contributed by atoms with Crippen molar-refractivity contribution in [2.24, 2.45) is 0 Å². The molecule has 22 valence electrons. The lowest BCUT2D eigenvalue weighted by Crippen LogP contribution is -1.73. The van der Waals surface area contributed by atoms with E-state index in [0.29, 0.717) is 0 Å². The molecule has 0 radical (unpaired) electrons. The van der Waals surface area contributed by atoms with Crippen LogP contribution in [0, 0.1) is 0 Å². The van der Waals surface area contributed by atoms with Gasteiger partial charge in [0.2, 0.25) is 0 Å². The first-order valence-corrected chi connectivity index (χ1v) is 4.20. The Morgan fingerprint density at radius 2 is 1.25 bits per heavy atom. The molecule has 0 amide bonds. The Kier molecular flexibility index (Phi) is 0.810. The average molecular weight is 90.0 g/mol. The van der Waals surface area contributed by atoms with Crippen LogP contribution in [0.3, 0.4) is 0 Å². The molecule has 1 aliphatic heterocycles. The molecule has 0 atom stereocenters. The van der Waals surface area contributed by atoms with Gasteiger partial charge >= 0.3 is 0 Å². The quantitative estimate of drug-likeness (QED) is 0.398. The zero-order valence-electron chi connectivity index (χ0n) is 2.31. The van der Waals surface area contributed by atoms with Crippen molar-refractivity contribution >= 4 is 15.7 Å². The van der Waals surface area contributed by atoms with Crippen molar-refractivity contribution in [3.63, 3.8) is 0 Å². The summed E-state index contributed by atoms with van der Waals surface area (Å²) in [5.74, 6) is 0. The fourth-order valence-corrected chi connectivity index (χ4v) is 0.900. The molecule has 0 aromatic heterocycles. The Bertz CT molecular complexity index is 33.3. The van der Waals surface area contributed by atoms with Gasteiger partial charge in [0.05, 0.1) is 0 Å². The molecule has 0 saturated carbocycles. The van der Waals surface area contributed by atoms with Gasteiger partial charge in [0.1, 0.15) is 0 Å². The Morgan fingerprint density at radius 1 is 1.00 bits per heavy atom. The summed E-state index contributed by atoms with van der Waals surface area (Å²) < 4.78 is 0. The van der Waals surface area contributed by atoms with Gasteiger partial charge < -0.3 is 0 Å². The first-order chi connectivity index (χ1) is 2.00. The third kappa shape index (κ3) is 0.315. The predicted octanol–water partition coefficient (Wildman–Crippen LogP) is 1.81. The molecule has 1 heterocycles. The Morgan fingerprint density at radius 3 is 1.25 bits per heavy atom. The molecule has 0 saturated heterocycles. The molecule has 0 N–H and O–H groups in total. The molecule has 0 aromatic carbocycles. The normalized spacial score (nSPS) is 28.0. The molecule has 0 spiro atoms. The molecule has 0 fully saturated rings. The minimum Gasteiger partial charge on any atom is -0.0755 e. The summed E-state index contributed by atoms with van der Waals surface area (Å²) in [4.78, 5) is 0. The topological polar surface area (TPSA) is 0 Å². The maximum atomic E-state index is 1.65. The Hall–Kier alpha value is 0.600. The van der Waals surface area contributed by atoms with Gasteiger partial charge in [-0.1, -0.05) is 15.7 Å².